The van der Waals surface area contributed by atoms with E-state index in [4.69, 9.17) is 14.2 Å². The molecule has 0 unspecified atom stereocenters. The van der Waals surface area contributed by atoms with Crippen LogP contribution in [0.2, 0.25) is 0 Å². The molecular formula is C26H30N2O5. The summed E-state index contributed by atoms with van der Waals surface area (Å²) in [5, 5.41) is 0. The first-order chi connectivity index (χ1) is 16.0. The highest BCUT2D eigenvalue weighted by Crippen LogP contribution is 2.37. The van der Waals surface area contributed by atoms with Crippen LogP contribution in [0.25, 0.3) is 5.57 Å². The van der Waals surface area contributed by atoms with E-state index < -0.39 is 0 Å². The fraction of sp³-hybridized carbons (Fsp3) is 0.385. The van der Waals surface area contributed by atoms with Crippen LogP contribution in [-0.4, -0.2) is 62.1 Å². The van der Waals surface area contributed by atoms with Crippen molar-refractivity contribution in [3.05, 3.63) is 59.8 Å². The second-order valence-corrected chi connectivity index (χ2v) is 8.38. The third-order valence-electron chi connectivity index (χ3n) is 6.26. The lowest BCUT2D eigenvalue weighted by molar-refractivity contribution is -0.138. The molecule has 2 aromatic rings. The Morgan fingerprint density at radius 3 is 2.21 bits per heavy atom. The Morgan fingerprint density at radius 1 is 0.879 bits per heavy atom. The van der Waals surface area contributed by atoms with Crippen molar-refractivity contribution in [1.29, 1.82) is 0 Å². The summed E-state index contributed by atoms with van der Waals surface area (Å²) in [5.74, 6) is 1.99. The molecule has 0 bridgehead atoms. The van der Waals surface area contributed by atoms with E-state index in [1.54, 1.807) is 38.5 Å². The van der Waals surface area contributed by atoms with Crippen molar-refractivity contribution >= 4 is 17.4 Å². The van der Waals surface area contributed by atoms with Crippen LogP contribution in [0.4, 0.5) is 0 Å². The molecule has 0 N–H and O–H groups in total. The maximum atomic E-state index is 13.5. The second kappa shape index (κ2) is 9.98. The van der Waals surface area contributed by atoms with Crippen molar-refractivity contribution in [3.8, 4) is 17.2 Å². The van der Waals surface area contributed by atoms with Gasteiger partial charge >= 0.3 is 0 Å². The van der Waals surface area contributed by atoms with Gasteiger partial charge in [0, 0.05) is 18.7 Å². The highest BCUT2D eigenvalue weighted by atomic mass is 16.5. The second-order valence-electron chi connectivity index (χ2n) is 8.38. The summed E-state index contributed by atoms with van der Waals surface area (Å²) in [6.07, 6.45) is 1.98. The number of hydrogen-bond donors (Lipinski definition) is 0. The molecule has 2 amide bonds. The quantitative estimate of drug-likeness (QED) is 0.573. The minimum absolute atomic E-state index is 0.163. The van der Waals surface area contributed by atoms with Gasteiger partial charge < -0.3 is 19.1 Å². The number of likely N-dealkylation sites (tertiary alicyclic amines) is 1. The van der Waals surface area contributed by atoms with Gasteiger partial charge in [-0.15, -0.1) is 0 Å². The Balaban J connectivity index is 1.57. The van der Waals surface area contributed by atoms with E-state index in [-0.39, 0.29) is 25.0 Å². The van der Waals surface area contributed by atoms with E-state index in [0.29, 0.717) is 34.3 Å². The van der Waals surface area contributed by atoms with Gasteiger partial charge in [-0.2, -0.15) is 0 Å². The first-order valence-corrected chi connectivity index (χ1v) is 11.3. The van der Waals surface area contributed by atoms with Gasteiger partial charge in [-0.1, -0.05) is 25.1 Å². The maximum absolute atomic E-state index is 13.5. The van der Waals surface area contributed by atoms with Gasteiger partial charge in [-0.05, 0) is 49.1 Å². The number of hydrogen-bond acceptors (Lipinski definition) is 6. The average Bonchev–Trinajstić information content (AvgIpc) is 3.09. The fourth-order valence-electron chi connectivity index (χ4n) is 4.31. The van der Waals surface area contributed by atoms with Crippen LogP contribution in [0.15, 0.2) is 54.2 Å². The van der Waals surface area contributed by atoms with E-state index in [0.717, 1.165) is 31.7 Å². The molecule has 7 nitrogen and oxygen atoms in total. The molecule has 2 heterocycles. The summed E-state index contributed by atoms with van der Waals surface area (Å²) in [6, 6.07) is 14.6. The van der Waals surface area contributed by atoms with E-state index in [9.17, 15) is 9.59 Å². The Bertz CT molecular complexity index is 1040. The summed E-state index contributed by atoms with van der Waals surface area (Å²) in [4.78, 5) is 30.4. The number of carbonyl (C=O) groups excluding carboxylic acids is 2. The van der Waals surface area contributed by atoms with Crippen LogP contribution in [-0.2, 0) is 9.59 Å². The number of rotatable bonds is 8. The van der Waals surface area contributed by atoms with Crippen LogP contribution in [0.1, 0.15) is 25.3 Å². The topological polar surface area (TPSA) is 68.3 Å². The van der Waals surface area contributed by atoms with Crippen molar-refractivity contribution in [2.75, 3.05) is 40.5 Å². The highest BCUT2D eigenvalue weighted by Gasteiger charge is 2.42. The molecule has 2 aromatic carbocycles. The summed E-state index contributed by atoms with van der Waals surface area (Å²) in [6.45, 7) is 4.09. The molecule has 0 radical (unpaired) electrons. The van der Waals surface area contributed by atoms with Crippen LogP contribution in [0.3, 0.4) is 0 Å². The number of benzene rings is 2. The first-order valence-electron chi connectivity index (χ1n) is 11.3. The molecule has 7 heteroatoms. The zero-order valence-electron chi connectivity index (χ0n) is 19.4. The van der Waals surface area contributed by atoms with Crippen molar-refractivity contribution in [1.82, 2.24) is 9.80 Å². The molecule has 33 heavy (non-hydrogen) atoms. The van der Waals surface area contributed by atoms with Crippen molar-refractivity contribution < 1.29 is 23.8 Å². The molecule has 174 valence electrons. The predicted octanol–water partition coefficient (Wildman–Crippen LogP) is 3.59. The lowest BCUT2D eigenvalue weighted by Gasteiger charge is -2.32. The minimum atomic E-state index is -0.309. The molecule has 0 saturated carbocycles. The third kappa shape index (κ3) is 4.67. The summed E-state index contributed by atoms with van der Waals surface area (Å²) in [5.41, 5.74) is 1.53. The number of piperidine rings is 1. The summed E-state index contributed by atoms with van der Waals surface area (Å²) < 4.78 is 16.5. The van der Waals surface area contributed by atoms with Crippen LogP contribution in [0, 0.1) is 5.92 Å². The van der Waals surface area contributed by atoms with Crippen LogP contribution in [0.5, 0.6) is 17.2 Å². The standard InChI is InChI=1S/C26H30N2O5/c1-18-12-14-27(15-13-18)24-23(21-6-4-5-7-22(21)32-3)25(29)28(26(24)30)16-17-33-20-10-8-19(31-2)9-11-20/h4-11,18H,12-17H2,1-3H3. The van der Waals surface area contributed by atoms with Gasteiger partial charge in [0.2, 0.25) is 0 Å². The average molecular weight is 451 g/mol. The van der Waals surface area contributed by atoms with Crippen LogP contribution >= 0.6 is 0 Å². The zero-order chi connectivity index (χ0) is 23.4. The van der Waals surface area contributed by atoms with Gasteiger partial charge in [0.1, 0.15) is 29.6 Å². The molecular weight excluding hydrogens is 420 g/mol. The third-order valence-corrected chi connectivity index (χ3v) is 6.26. The van der Waals surface area contributed by atoms with Crippen molar-refractivity contribution in [2.24, 2.45) is 5.92 Å². The molecule has 0 aromatic heterocycles. The maximum Gasteiger partial charge on any atom is 0.277 e. The number of amides is 2. The Kier molecular flexibility index (Phi) is 6.87. The number of imide groups is 1. The van der Waals surface area contributed by atoms with Gasteiger partial charge in [0.05, 0.1) is 26.3 Å². The van der Waals surface area contributed by atoms with E-state index in [2.05, 4.69) is 11.8 Å². The fourth-order valence-corrected chi connectivity index (χ4v) is 4.31. The summed E-state index contributed by atoms with van der Waals surface area (Å²) in [7, 11) is 3.18. The van der Waals surface area contributed by atoms with E-state index >= 15 is 0 Å². The Morgan fingerprint density at radius 2 is 1.55 bits per heavy atom. The SMILES string of the molecule is COc1ccc(OCCN2C(=O)C(c3ccccc3OC)=C(N3CCC(C)CC3)C2=O)cc1. The molecule has 0 spiro atoms. The van der Waals surface area contributed by atoms with E-state index in [1.165, 1.54) is 4.90 Å². The number of para-hydroxylation sites is 1. The lowest BCUT2D eigenvalue weighted by atomic mass is 9.97. The van der Waals surface area contributed by atoms with Crippen LogP contribution < -0.4 is 14.2 Å². The molecule has 4 rings (SSSR count). The number of nitrogens with zero attached hydrogens (tertiary/aromatic N) is 2. The van der Waals surface area contributed by atoms with Gasteiger partial charge in [0.15, 0.2) is 0 Å². The van der Waals surface area contributed by atoms with Crippen molar-refractivity contribution in [2.45, 2.75) is 19.8 Å². The molecule has 0 atom stereocenters. The molecule has 1 saturated heterocycles. The monoisotopic (exact) mass is 450 g/mol. The number of methoxy groups -OCH3 is 2. The van der Waals surface area contributed by atoms with E-state index in [1.807, 2.05) is 24.3 Å². The largest absolute Gasteiger partial charge is 0.497 e. The molecule has 1 fully saturated rings. The Hall–Kier alpha value is -3.48. The lowest BCUT2D eigenvalue weighted by Crippen LogP contribution is -2.39. The number of carbonyl (C=O) groups is 2. The number of ether oxygens (including phenoxy) is 3. The van der Waals surface area contributed by atoms with Gasteiger partial charge in [-0.25, -0.2) is 0 Å². The van der Waals surface area contributed by atoms with Crippen molar-refractivity contribution in [3.63, 3.8) is 0 Å². The van der Waals surface area contributed by atoms with Gasteiger partial charge in [0.25, 0.3) is 11.8 Å². The first kappa shape index (κ1) is 22.7. The Labute approximate surface area is 194 Å². The molecule has 0 aliphatic carbocycles. The van der Waals surface area contributed by atoms with Gasteiger partial charge in [-0.3, -0.25) is 14.5 Å². The minimum Gasteiger partial charge on any atom is -0.497 e. The zero-order valence-corrected chi connectivity index (χ0v) is 19.4. The highest BCUT2D eigenvalue weighted by molar-refractivity contribution is 6.36. The molecule has 2 aliphatic rings. The predicted molar refractivity (Wildman–Crippen MR) is 125 cm³/mol. The molecule has 2 aliphatic heterocycles. The normalized spacial score (nSPS) is 17.1. The smallest absolute Gasteiger partial charge is 0.277 e. The summed E-state index contributed by atoms with van der Waals surface area (Å²) >= 11 is 0.